The fourth-order valence-corrected chi connectivity index (χ4v) is 0.980. The van der Waals surface area contributed by atoms with Gasteiger partial charge >= 0.3 is 0 Å². The van der Waals surface area contributed by atoms with E-state index in [-0.39, 0.29) is 0 Å². The summed E-state index contributed by atoms with van der Waals surface area (Å²) in [4.78, 5) is 0. The van der Waals surface area contributed by atoms with Crippen LogP contribution < -0.4 is 5.73 Å². The number of hydrogen-bond donors (Lipinski definition) is 1. The highest BCUT2D eigenvalue weighted by atomic mass is 16.5. The van der Waals surface area contributed by atoms with Gasteiger partial charge in [0.05, 0.1) is 18.2 Å². The van der Waals surface area contributed by atoms with Gasteiger partial charge in [0, 0.05) is 12.8 Å². The van der Waals surface area contributed by atoms with Gasteiger partial charge in [0.25, 0.3) is 0 Å². The van der Waals surface area contributed by atoms with Crippen molar-refractivity contribution in [1.29, 1.82) is 5.26 Å². The van der Waals surface area contributed by atoms with Crippen LogP contribution >= 0.6 is 0 Å². The average Bonchev–Trinajstić information content (AvgIpc) is 2.08. The third-order valence-electron chi connectivity index (χ3n) is 1.55. The Balaban J connectivity index is 3.05. The molecule has 12 heavy (non-hydrogen) atoms. The Kier molecular flexibility index (Phi) is 2.67. The summed E-state index contributed by atoms with van der Waals surface area (Å²) in [6.45, 7) is 0.448. The van der Waals surface area contributed by atoms with Gasteiger partial charge < -0.3 is 10.5 Å². The molecule has 0 aliphatic carbocycles. The summed E-state index contributed by atoms with van der Waals surface area (Å²) in [6.07, 6.45) is 0. The molecule has 0 amide bonds. The first-order valence-electron chi connectivity index (χ1n) is 3.55. The summed E-state index contributed by atoms with van der Waals surface area (Å²) in [7, 11) is 1.59. The van der Waals surface area contributed by atoms with E-state index in [1.807, 2.05) is 0 Å². The average molecular weight is 162 g/mol. The number of anilines is 1. The second-order valence-corrected chi connectivity index (χ2v) is 2.46. The molecule has 0 fully saturated rings. The highest BCUT2D eigenvalue weighted by molar-refractivity contribution is 5.49. The van der Waals surface area contributed by atoms with Crippen LogP contribution in [0.15, 0.2) is 18.2 Å². The fraction of sp³-hybridized carbons (Fsp3) is 0.222. The lowest BCUT2D eigenvalue weighted by atomic mass is 10.1. The standard InChI is InChI=1S/C9H10N2O/c1-12-6-7-2-3-9(11)4-8(7)5-10/h2-4H,6,11H2,1H3. The van der Waals surface area contributed by atoms with Gasteiger partial charge in [-0.2, -0.15) is 5.26 Å². The number of nitrogens with two attached hydrogens (primary N) is 1. The van der Waals surface area contributed by atoms with Crippen LogP contribution in [0.1, 0.15) is 11.1 Å². The third kappa shape index (κ3) is 1.74. The summed E-state index contributed by atoms with van der Waals surface area (Å²) < 4.78 is 4.92. The SMILES string of the molecule is COCc1ccc(N)cc1C#N. The zero-order valence-corrected chi connectivity index (χ0v) is 6.87. The van der Waals surface area contributed by atoms with Crippen molar-refractivity contribution in [2.24, 2.45) is 0 Å². The summed E-state index contributed by atoms with van der Waals surface area (Å²) >= 11 is 0. The first-order chi connectivity index (χ1) is 5.77. The number of rotatable bonds is 2. The van der Waals surface area contributed by atoms with Crippen molar-refractivity contribution in [3.63, 3.8) is 0 Å². The molecule has 0 atom stereocenters. The molecule has 0 aliphatic heterocycles. The number of nitrogens with zero attached hydrogens (tertiary/aromatic N) is 1. The number of hydrogen-bond acceptors (Lipinski definition) is 3. The number of nitriles is 1. The molecule has 3 heteroatoms. The van der Waals surface area contributed by atoms with Crippen molar-refractivity contribution in [2.45, 2.75) is 6.61 Å². The zero-order valence-electron chi connectivity index (χ0n) is 6.87. The maximum atomic E-state index is 8.71. The van der Waals surface area contributed by atoms with Gasteiger partial charge in [-0.05, 0) is 17.7 Å². The Morgan fingerprint density at radius 3 is 2.92 bits per heavy atom. The normalized spacial score (nSPS) is 9.33. The molecule has 1 aromatic rings. The van der Waals surface area contributed by atoms with Crippen LogP contribution in [-0.4, -0.2) is 7.11 Å². The number of benzene rings is 1. The molecule has 0 bridgehead atoms. The van der Waals surface area contributed by atoms with E-state index in [4.69, 9.17) is 15.7 Å². The molecule has 1 rings (SSSR count). The molecule has 0 radical (unpaired) electrons. The number of methoxy groups -OCH3 is 1. The zero-order chi connectivity index (χ0) is 8.97. The number of ether oxygens (including phenoxy) is 1. The van der Waals surface area contributed by atoms with Crippen LogP contribution in [0.2, 0.25) is 0 Å². The van der Waals surface area contributed by atoms with Gasteiger partial charge in [0.2, 0.25) is 0 Å². The molecule has 0 saturated heterocycles. The van der Waals surface area contributed by atoms with E-state index in [0.717, 1.165) is 5.56 Å². The fourth-order valence-electron chi connectivity index (χ4n) is 0.980. The van der Waals surface area contributed by atoms with Crippen molar-refractivity contribution >= 4 is 5.69 Å². The largest absolute Gasteiger partial charge is 0.399 e. The Bertz CT molecular complexity index is 315. The van der Waals surface area contributed by atoms with Gasteiger partial charge in [-0.3, -0.25) is 0 Å². The quantitative estimate of drug-likeness (QED) is 0.666. The van der Waals surface area contributed by atoms with Crippen LogP contribution in [0.25, 0.3) is 0 Å². The van der Waals surface area contributed by atoms with Gasteiger partial charge in [-0.25, -0.2) is 0 Å². The predicted octanol–water partition coefficient (Wildman–Crippen LogP) is 1.29. The molecule has 0 spiro atoms. The van der Waals surface area contributed by atoms with E-state index >= 15 is 0 Å². The van der Waals surface area contributed by atoms with Crippen molar-refractivity contribution in [2.75, 3.05) is 12.8 Å². The van der Waals surface area contributed by atoms with Crippen LogP contribution in [0, 0.1) is 11.3 Å². The van der Waals surface area contributed by atoms with E-state index in [1.165, 1.54) is 0 Å². The second-order valence-electron chi connectivity index (χ2n) is 2.46. The van der Waals surface area contributed by atoms with Gasteiger partial charge in [-0.15, -0.1) is 0 Å². The Morgan fingerprint density at radius 1 is 1.58 bits per heavy atom. The first kappa shape index (κ1) is 8.57. The van der Waals surface area contributed by atoms with E-state index in [1.54, 1.807) is 25.3 Å². The van der Waals surface area contributed by atoms with Gasteiger partial charge in [0.15, 0.2) is 0 Å². The molecule has 1 aromatic carbocycles. The van der Waals surface area contributed by atoms with Crippen molar-refractivity contribution in [1.82, 2.24) is 0 Å². The van der Waals surface area contributed by atoms with Crippen molar-refractivity contribution in [3.05, 3.63) is 29.3 Å². The molecule has 0 unspecified atom stereocenters. The van der Waals surface area contributed by atoms with Crippen molar-refractivity contribution < 1.29 is 4.74 Å². The Morgan fingerprint density at radius 2 is 2.33 bits per heavy atom. The lowest BCUT2D eigenvalue weighted by Gasteiger charge is -2.02. The van der Waals surface area contributed by atoms with Crippen LogP contribution in [0.3, 0.4) is 0 Å². The number of nitrogen functional groups attached to an aromatic ring is 1. The van der Waals surface area contributed by atoms with E-state index in [0.29, 0.717) is 17.9 Å². The van der Waals surface area contributed by atoms with Crippen LogP contribution in [0.4, 0.5) is 5.69 Å². The highest BCUT2D eigenvalue weighted by Gasteiger charge is 2.00. The molecule has 0 heterocycles. The predicted molar refractivity (Wildman–Crippen MR) is 46.3 cm³/mol. The van der Waals surface area contributed by atoms with Crippen LogP contribution in [0.5, 0.6) is 0 Å². The molecule has 2 N–H and O–H groups in total. The highest BCUT2D eigenvalue weighted by Crippen LogP contribution is 2.13. The first-order valence-corrected chi connectivity index (χ1v) is 3.55. The minimum atomic E-state index is 0.448. The van der Waals surface area contributed by atoms with Crippen LogP contribution in [-0.2, 0) is 11.3 Å². The Hall–Kier alpha value is -1.53. The minimum absolute atomic E-state index is 0.448. The molecule has 62 valence electrons. The third-order valence-corrected chi connectivity index (χ3v) is 1.55. The molecule has 3 nitrogen and oxygen atoms in total. The molecular formula is C9H10N2O. The summed E-state index contributed by atoms with van der Waals surface area (Å²) in [5.74, 6) is 0. The van der Waals surface area contributed by atoms with Gasteiger partial charge in [0.1, 0.15) is 0 Å². The van der Waals surface area contributed by atoms with E-state index in [2.05, 4.69) is 6.07 Å². The lowest BCUT2D eigenvalue weighted by molar-refractivity contribution is 0.184. The van der Waals surface area contributed by atoms with Gasteiger partial charge in [-0.1, -0.05) is 6.07 Å². The summed E-state index contributed by atoms with van der Waals surface area (Å²) in [5.41, 5.74) is 7.56. The minimum Gasteiger partial charge on any atom is -0.399 e. The monoisotopic (exact) mass is 162 g/mol. The van der Waals surface area contributed by atoms with E-state index < -0.39 is 0 Å². The molecule has 0 aromatic heterocycles. The smallest absolute Gasteiger partial charge is 0.0996 e. The molecule has 0 saturated carbocycles. The maximum absolute atomic E-state index is 8.71. The topological polar surface area (TPSA) is 59.0 Å². The lowest BCUT2D eigenvalue weighted by Crippen LogP contribution is -1.94. The molecule has 0 aliphatic rings. The summed E-state index contributed by atoms with van der Waals surface area (Å²) in [6, 6.07) is 7.27. The Labute approximate surface area is 71.4 Å². The molecular weight excluding hydrogens is 152 g/mol. The maximum Gasteiger partial charge on any atom is 0.0996 e. The second kappa shape index (κ2) is 3.74. The summed E-state index contributed by atoms with van der Waals surface area (Å²) in [5, 5.41) is 8.71. The van der Waals surface area contributed by atoms with Crippen molar-refractivity contribution in [3.8, 4) is 6.07 Å². The van der Waals surface area contributed by atoms with E-state index in [9.17, 15) is 0 Å².